The highest BCUT2D eigenvalue weighted by Gasteiger charge is 2.56. The van der Waals surface area contributed by atoms with Crippen molar-refractivity contribution < 1.29 is 14.4 Å². The van der Waals surface area contributed by atoms with E-state index in [9.17, 15) is 14.4 Å². The summed E-state index contributed by atoms with van der Waals surface area (Å²) in [6.07, 6.45) is 8.27. The summed E-state index contributed by atoms with van der Waals surface area (Å²) >= 11 is 0. The second kappa shape index (κ2) is 5.21. The molecule has 6 aliphatic rings. The molecule has 1 atom stereocenters. The van der Waals surface area contributed by atoms with E-state index >= 15 is 0 Å². The maximum Gasteiger partial charge on any atom is 0.325 e. The van der Waals surface area contributed by atoms with E-state index in [0.717, 1.165) is 29.6 Å². The normalized spacial score (nSPS) is 45.0. The first-order valence-corrected chi connectivity index (χ1v) is 9.87. The predicted molar refractivity (Wildman–Crippen MR) is 90.3 cm³/mol. The Hall–Kier alpha value is -1.59. The molecule has 5 saturated carbocycles. The number of hydrogen-bond donors (Lipinski definition) is 2. The molecule has 136 valence electrons. The molecule has 6 fully saturated rings. The minimum Gasteiger partial charge on any atom is -0.351 e. The molecule has 1 saturated heterocycles. The average molecular weight is 345 g/mol. The molecule has 4 amide bonds. The van der Waals surface area contributed by atoms with E-state index in [1.807, 2.05) is 0 Å². The lowest BCUT2D eigenvalue weighted by atomic mass is 9.54. The molecule has 25 heavy (non-hydrogen) atoms. The maximum atomic E-state index is 12.7. The van der Waals surface area contributed by atoms with Gasteiger partial charge in [0.15, 0.2) is 0 Å². The molecule has 0 aromatic rings. The van der Waals surface area contributed by atoms with Gasteiger partial charge in [-0.1, -0.05) is 0 Å². The number of urea groups is 1. The van der Waals surface area contributed by atoms with E-state index in [0.29, 0.717) is 11.8 Å². The van der Waals surface area contributed by atoms with Crippen LogP contribution in [0.1, 0.15) is 51.9 Å². The van der Waals surface area contributed by atoms with Crippen molar-refractivity contribution in [2.45, 2.75) is 63.5 Å². The Kier molecular flexibility index (Phi) is 3.26. The highest BCUT2D eigenvalue weighted by molar-refractivity contribution is 6.09. The summed E-state index contributed by atoms with van der Waals surface area (Å²) in [6, 6.07) is -0.171. The Bertz CT molecular complexity index is 616. The third-order valence-corrected chi connectivity index (χ3v) is 7.55. The summed E-state index contributed by atoms with van der Waals surface area (Å²) < 4.78 is 0. The largest absolute Gasteiger partial charge is 0.351 e. The predicted octanol–water partition coefficient (Wildman–Crippen LogP) is 1.65. The Morgan fingerprint density at radius 3 is 2.28 bits per heavy atom. The van der Waals surface area contributed by atoms with Crippen molar-refractivity contribution in [1.29, 1.82) is 0 Å². The summed E-state index contributed by atoms with van der Waals surface area (Å²) in [6.45, 7) is 1.65. The van der Waals surface area contributed by atoms with Crippen LogP contribution in [0.2, 0.25) is 0 Å². The Labute approximate surface area is 148 Å². The van der Waals surface area contributed by atoms with Gasteiger partial charge in [0.05, 0.1) is 0 Å². The van der Waals surface area contributed by atoms with Crippen molar-refractivity contribution in [3.63, 3.8) is 0 Å². The SMILES string of the molecule is CC1(C2CC2)NC(=O)N(CC(=O)NC2C3CC4CC(C3)CC2C4)C1=O. The van der Waals surface area contributed by atoms with Crippen molar-refractivity contribution >= 4 is 17.8 Å². The van der Waals surface area contributed by atoms with Crippen molar-refractivity contribution in [1.82, 2.24) is 15.5 Å². The molecule has 6 nitrogen and oxygen atoms in total. The van der Waals surface area contributed by atoms with Crippen LogP contribution < -0.4 is 10.6 Å². The molecule has 0 radical (unpaired) electrons. The quantitative estimate of drug-likeness (QED) is 0.761. The molecule has 2 N–H and O–H groups in total. The van der Waals surface area contributed by atoms with Crippen LogP contribution in [0.25, 0.3) is 0 Å². The number of carbonyl (C=O) groups excluding carboxylic acids is 3. The van der Waals surface area contributed by atoms with Crippen molar-refractivity contribution in [2.75, 3.05) is 6.54 Å². The van der Waals surface area contributed by atoms with Crippen molar-refractivity contribution in [3.05, 3.63) is 0 Å². The highest BCUT2D eigenvalue weighted by Crippen LogP contribution is 2.53. The van der Waals surface area contributed by atoms with E-state index in [2.05, 4.69) is 10.6 Å². The zero-order valence-corrected chi connectivity index (χ0v) is 14.8. The van der Waals surface area contributed by atoms with Crippen LogP contribution in [0, 0.1) is 29.6 Å². The number of carbonyl (C=O) groups is 3. The third-order valence-electron chi connectivity index (χ3n) is 7.55. The zero-order chi connectivity index (χ0) is 17.3. The van der Waals surface area contributed by atoms with Crippen molar-refractivity contribution in [3.8, 4) is 0 Å². The first-order chi connectivity index (χ1) is 11.9. The van der Waals surface area contributed by atoms with Crippen LogP contribution in [-0.4, -0.2) is 40.9 Å². The minimum atomic E-state index is -0.806. The average Bonchev–Trinajstić information content (AvgIpc) is 3.37. The second-order valence-electron chi connectivity index (χ2n) is 9.32. The molecule has 0 aromatic carbocycles. The van der Waals surface area contributed by atoms with Crippen LogP contribution >= 0.6 is 0 Å². The van der Waals surface area contributed by atoms with Crippen molar-refractivity contribution in [2.24, 2.45) is 29.6 Å². The molecule has 0 aromatic heterocycles. The Morgan fingerprint density at radius 1 is 1.12 bits per heavy atom. The minimum absolute atomic E-state index is 0.143. The molecule has 0 spiro atoms. The molecular formula is C19H27N3O3. The van der Waals surface area contributed by atoms with Gasteiger partial charge in [0, 0.05) is 6.04 Å². The van der Waals surface area contributed by atoms with E-state index in [-0.39, 0.29) is 30.3 Å². The van der Waals surface area contributed by atoms with E-state index in [1.54, 1.807) is 6.92 Å². The monoisotopic (exact) mass is 345 g/mol. The van der Waals surface area contributed by atoms with Gasteiger partial charge in [-0.15, -0.1) is 0 Å². The Morgan fingerprint density at radius 2 is 1.72 bits per heavy atom. The van der Waals surface area contributed by atoms with Gasteiger partial charge in [-0.05, 0) is 81.5 Å². The van der Waals surface area contributed by atoms with Crippen LogP contribution in [0.4, 0.5) is 4.79 Å². The van der Waals surface area contributed by atoms with Gasteiger partial charge >= 0.3 is 6.03 Å². The topological polar surface area (TPSA) is 78.5 Å². The molecular weight excluding hydrogens is 318 g/mol. The number of nitrogens with one attached hydrogen (secondary N) is 2. The lowest BCUT2D eigenvalue weighted by Crippen LogP contribution is -2.57. The first-order valence-electron chi connectivity index (χ1n) is 9.87. The number of amides is 4. The first kappa shape index (κ1) is 15.6. The van der Waals surface area contributed by atoms with Crippen LogP contribution in [-0.2, 0) is 9.59 Å². The van der Waals surface area contributed by atoms with Gasteiger partial charge in [-0.3, -0.25) is 14.5 Å². The smallest absolute Gasteiger partial charge is 0.325 e. The van der Waals surface area contributed by atoms with Gasteiger partial charge in [0.2, 0.25) is 5.91 Å². The van der Waals surface area contributed by atoms with E-state index in [1.165, 1.54) is 32.1 Å². The zero-order valence-electron chi connectivity index (χ0n) is 14.8. The lowest BCUT2D eigenvalue weighted by molar-refractivity contribution is -0.136. The number of rotatable bonds is 4. The van der Waals surface area contributed by atoms with Gasteiger partial charge in [0.1, 0.15) is 12.1 Å². The molecule has 1 unspecified atom stereocenters. The Balaban J connectivity index is 1.24. The summed E-state index contributed by atoms with van der Waals surface area (Å²) in [4.78, 5) is 38.6. The molecule has 1 heterocycles. The molecule has 6 rings (SSSR count). The summed E-state index contributed by atoms with van der Waals surface area (Å²) in [7, 11) is 0. The second-order valence-corrected chi connectivity index (χ2v) is 9.32. The van der Waals surface area contributed by atoms with Gasteiger partial charge in [0.25, 0.3) is 5.91 Å². The summed E-state index contributed by atoms with van der Waals surface area (Å²) in [5.74, 6) is 2.73. The van der Waals surface area contributed by atoms with Crippen LogP contribution in [0.15, 0.2) is 0 Å². The van der Waals surface area contributed by atoms with E-state index < -0.39 is 11.6 Å². The third kappa shape index (κ3) is 2.40. The fraction of sp³-hybridized carbons (Fsp3) is 0.842. The standard InChI is InChI=1S/C19H27N3O3/c1-19(14-2-3-14)17(24)22(18(25)21-19)9-15(23)20-16-12-5-10-4-11(7-12)8-13(16)6-10/h10-14,16H,2-9H2,1H3,(H,20,23)(H,21,25). The summed E-state index contributed by atoms with van der Waals surface area (Å²) in [5.41, 5.74) is -0.806. The number of hydrogen-bond acceptors (Lipinski definition) is 3. The molecule has 1 aliphatic heterocycles. The van der Waals surface area contributed by atoms with Crippen LogP contribution in [0.5, 0.6) is 0 Å². The molecule has 4 bridgehead atoms. The fourth-order valence-corrected chi connectivity index (χ4v) is 6.33. The fourth-order valence-electron chi connectivity index (χ4n) is 6.33. The lowest BCUT2D eigenvalue weighted by Gasteiger charge is -2.54. The van der Waals surface area contributed by atoms with E-state index in [4.69, 9.17) is 0 Å². The van der Waals surface area contributed by atoms with Gasteiger partial charge in [-0.2, -0.15) is 0 Å². The van der Waals surface area contributed by atoms with Crippen LogP contribution in [0.3, 0.4) is 0 Å². The number of imide groups is 1. The van der Waals surface area contributed by atoms with Gasteiger partial charge in [-0.25, -0.2) is 4.79 Å². The highest BCUT2D eigenvalue weighted by atomic mass is 16.2. The van der Waals surface area contributed by atoms with Gasteiger partial charge < -0.3 is 10.6 Å². The molecule has 6 heteroatoms. The molecule has 5 aliphatic carbocycles. The summed E-state index contributed by atoms with van der Waals surface area (Å²) in [5, 5.41) is 6.00. The number of nitrogens with zero attached hydrogens (tertiary/aromatic N) is 1. The maximum absolute atomic E-state index is 12.7.